The van der Waals surface area contributed by atoms with Gasteiger partial charge in [0.2, 0.25) is 0 Å². The van der Waals surface area contributed by atoms with Crippen molar-refractivity contribution in [2.45, 2.75) is 39.7 Å². The molecule has 0 aromatic carbocycles. The summed E-state index contributed by atoms with van der Waals surface area (Å²) in [6.45, 7) is 12.8. The van der Waals surface area contributed by atoms with Gasteiger partial charge in [0.15, 0.2) is 0 Å². The fraction of sp³-hybridized carbons (Fsp3) is 0.733. The van der Waals surface area contributed by atoms with Gasteiger partial charge in [-0.3, -0.25) is 4.90 Å². The van der Waals surface area contributed by atoms with Crippen LogP contribution in [-0.4, -0.2) is 53.3 Å². The third-order valence-electron chi connectivity index (χ3n) is 3.98. The van der Waals surface area contributed by atoms with E-state index in [1.54, 1.807) is 0 Å². The molecule has 1 aliphatic rings. The highest BCUT2D eigenvalue weighted by atomic mass is 35.5. The zero-order valence-corrected chi connectivity index (χ0v) is 14.1. The molecule has 1 saturated heterocycles. The Hall–Kier alpha value is -0.910. The van der Waals surface area contributed by atoms with Crippen molar-refractivity contribution in [2.24, 2.45) is 0 Å². The van der Waals surface area contributed by atoms with Gasteiger partial charge in [-0.25, -0.2) is 9.97 Å². The number of hydrogen-bond donors (Lipinski definition) is 1. The zero-order valence-electron chi connectivity index (χ0n) is 13.4. The number of aromatic nitrogens is 2. The summed E-state index contributed by atoms with van der Waals surface area (Å²) in [5.74, 6) is 1.56. The van der Waals surface area contributed by atoms with Crippen molar-refractivity contribution in [3.63, 3.8) is 0 Å². The zero-order chi connectivity index (χ0) is 15.5. The molecule has 0 saturated carbocycles. The molecule has 1 aliphatic heterocycles. The maximum Gasteiger partial charge on any atom is 0.138 e. The average molecular weight is 313 g/mol. The van der Waals surface area contributed by atoms with Crippen molar-refractivity contribution in [2.75, 3.05) is 38.2 Å². The molecule has 5 nitrogen and oxygen atoms in total. The van der Waals surface area contributed by atoms with E-state index in [4.69, 9.17) is 16.3 Å². The quantitative estimate of drug-likeness (QED) is 0.847. The molecule has 6 heteroatoms. The lowest BCUT2D eigenvalue weighted by Crippen LogP contribution is -2.53. The molecule has 0 atom stereocenters. The molecular weight excluding hydrogens is 288 g/mol. The first-order valence-electron chi connectivity index (χ1n) is 7.53. The van der Waals surface area contributed by atoms with E-state index in [1.807, 2.05) is 6.92 Å². The van der Waals surface area contributed by atoms with E-state index in [0.717, 1.165) is 50.7 Å². The number of morpholine rings is 1. The summed E-state index contributed by atoms with van der Waals surface area (Å²) >= 11 is 6.22. The van der Waals surface area contributed by atoms with Crippen molar-refractivity contribution in [3.8, 4) is 0 Å². The Kier molecular flexibility index (Phi) is 5.41. The van der Waals surface area contributed by atoms with Crippen LogP contribution in [0.3, 0.4) is 0 Å². The molecule has 118 valence electrons. The second-order valence-corrected chi connectivity index (χ2v) is 6.37. The fourth-order valence-corrected chi connectivity index (χ4v) is 2.95. The van der Waals surface area contributed by atoms with E-state index in [1.165, 1.54) is 0 Å². The summed E-state index contributed by atoms with van der Waals surface area (Å²) < 4.78 is 5.43. The van der Waals surface area contributed by atoms with Crippen LogP contribution in [0.2, 0.25) is 5.15 Å². The first kappa shape index (κ1) is 16.5. The van der Waals surface area contributed by atoms with Gasteiger partial charge < -0.3 is 10.1 Å². The second-order valence-electron chi connectivity index (χ2n) is 6.01. The topological polar surface area (TPSA) is 50.3 Å². The summed E-state index contributed by atoms with van der Waals surface area (Å²) in [4.78, 5) is 11.2. The number of rotatable bonds is 5. The molecule has 1 N–H and O–H groups in total. The normalized spacial score (nSPS) is 17.0. The van der Waals surface area contributed by atoms with Crippen LogP contribution in [0.1, 0.15) is 32.2 Å². The number of aryl methyl sites for hydroxylation is 1. The van der Waals surface area contributed by atoms with Gasteiger partial charge >= 0.3 is 0 Å². The summed E-state index contributed by atoms with van der Waals surface area (Å²) in [5, 5.41) is 4.02. The minimum atomic E-state index is 0.0418. The SMILES string of the molecule is CCc1c(Cl)nc(C)nc1NCC(C)(C)N1CCOCC1. The number of nitrogens with zero attached hydrogens (tertiary/aromatic N) is 3. The van der Waals surface area contributed by atoms with Gasteiger partial charge in [-0.05, 0) is 27.2 Å². The summed E-state index contributed by atoms with van der Waals surface area (Å²) in [5.41, 5.74) is 1.03. The van der Waals surface area contributed by atoms with Crippen LogP contribution in [0.15, 0.2) is 0 Å². The Morgan fingerprint density at radius 2 is 1.95 bits per heavy atom. The molecule has 2 heterocycles. The third kappa shape index (κ3) is 4.05. The highest BCUT2D eigenvalue weighted by Crippen LogP contribution is 2.23. The van der Waals surface area contributed by atoms with Crippen LogP contribution in [0, 0.1) is 6.92 Å². The number of hydrogen-bond acceptors (Lipinski definition) is 5. The number of ether oxygens (including phenoxy) is 1. The van der Waals surface area contributed by atoms with Crippen molar-refractivity contribution in [1.29, 1.82) is 0 Å². The molecule has 1 fully saturated rings. The van der Waals surface area contributed by atoms with Gasteiger partial charge in [0.1, 0.15) is 16.8 Å². The minimum absolute atomic E-state index is 0.0418. The Bertz CT molecular complexity index is 487. The second kappa shape index (κ2) is 6.90. The molecule has 0 radical (unpaired) electrons. The lowest BCUT2D eigenvalue weighted by molar-refractivity contribution is -0.00571. The van der Waals surface area contributed by atoms with Crippen molar-refractivity contribution < 1.29 is 4.74 Å². The molecule has 0 unspecified atom stereocenters. The van der Waals surface area contributed by atoms with Gasteiger partial charge in [0, 0.05) is 30.7 Å². The molecule has 2 rings (SSSR count). The van der Waals surface area contributed by atoms with Gasteiger partial charge in [-0.1, -0.05) is 18.5 Å². The molecule has 1 aromatic heterocycles. The maximum atomic E-state index is 6.22. The number of halogens is 1. The molecule has 0 aliphatic carbocycles. The van der Waals surface area contributed by atoms with E-state index in [-0.39, 0.29) is 5.54 Å². The minimum Gasteiger partial charge on any atom is -0.379 e. The van der Waals surface area contributed by atoms with Gasteiger partial charge in [-0.15, -0.1) is 0 Å². The predicted molar refractivity (Wildman–Crippen MR) is 86.1 cm³/mol. The standard InChI is InChI=1S/C15H25ClN4O/c1-5-12-13(16)18-11(2)19-14(12)17-10-15(3,4)20-6-8-21-9-7-20/h5-10H2,1-4H3,(H,17,18,19). The van der Waals surface area contributed by atoms with Crippen LogP contribution in [0.4, 0.5) is 5.82 Å². The van der Waals surface area contributed by atoms with Crippen LogP contribution in [-0.2, 0) is 11.2 Å². The number of nitrogens with one attached hydrogen (secondary N) is 1. The van der Waals surface area contributed by atoms with Crippen LogP contribution < -0.4 is 5.32 Å². The van der Waals surface area contributed by atoms with Crippen molar-refractivity contribution in [1.82, 2.24) is 14.9 Å². The summed E-state index contributed by atoms with van der Waals surface area (Å²) in [6.07, 6.45) is 0.819. The maximum absolute atomic E-state index is 6.22. The highest BCUT2D eigenvalue weighted by molar-refractivity contribution is 6.30. The smallest absolute Gasteiger partial charge is 0.138 e. The molecule has 1 aromatic rings. The first-order valence-corrected chi connectivity index (χ1v) is 7.91. The van der Waals surface area contributed by atoms with Crippen LogP contribution >= 0.6 is 11.6 Å². The predicted octanol–water partition coefficient (Wildman–Crippen LogP) is 2.52. The number of anilines is 1. The Morgan fingerprint density at radius 1 is 1.29 bits per heavy atom. The average Bonchev–Trinajstić information content (AvgIpc) is 2.46. The fourth-order valence-electron chi connectivity index (χ4n) is 2.60. The highest BCUT2D eigenvalue weighted by Gasteiger charge is 2.28. The van der Waals surface area contributed by atoms with E-state index in [2.05, 4.69) is 41.0 Å². The molecular formula is C15H25ClN4O. The first-order chi connectivity index (χ1) is 9.94. The van der Waals surface area contributed by atoms with E-state index in [9.17, 15) is 0 Å². The summed E-state index contributed by atoms with van der Waals surface area (Å²) in [7, 11) is 0. The van der Waals surface area contributed by atoms with Gasteiger partial charge in [0.05, 0.1) is 13.2 Å². The Labute approximate surface area is 132 Å². The summed E-state index contributed by atoms with van der Waals surface area (Å²) in [6, 6.07) is 0. The largest absolute Gasteiger partial charge is 0.379 e. The van der Waals surface area contributed by atoms with Crippen molar-refractivity contribution >= 4 is 17.4 Å². The van der Waals surface area contributed by atoms with E-state index in [0.29, 0.717) is 11.0 Å². The molecule has 0 amide bonds. The van der Waals surface area contributed by atoms with Gasteiger partial charge in [-0.2, -0.15) is 0 Å². The van der Waals surface area contributed by atoms with Gasteiger partial charge in [0.25, 0.3) is 0 Å². The van der Waals surface area contributed by atoms with Crippen molar-refractivity contribution in [3.05, 3.63) is 16.5 Å². The Balaban J connectivity index is 2.08. The van der Waals surface area contributed by atoms with E-state index >= 15 is 0 Å². The third-order valence-corrected chi connectivity index (χ3v) is 4.29. The van der Waals surface area contributed by atoms with Crippen LogP contribution in [0.5, 0.6) is 0 Å². The Morgan fingerprint density at radius 3 is 2.57 bits per heavy atom. The lowest BCUT2D eigenvalue weighted by Gasteiger charge is -2.41. The lowest BCUT2D eigenvalue weighted by atomic mass is 10.0. The monoisotopic (exact) mass is 312 g/mol. The molecule has 21 heavy (non-hydrogen) atoms. The molecule has 0 spiro atoms. The molecule has 0 bridgehead atoms. The van der Waals surface area contributed by atoms with Crippen LogP contribution in [0.25, 0.3) is 0 Å². The van der Waals surface area contributed by atoms with E-state index < -0.39 is 0 Å².